The van der Waals surface area contributed by atoms with Gasteiger partial charge in [-0.25, -0.2) is 0 Å². The fourth-order valence-electron chi connectivity index (χ4n) is 6.51. The van der Waals surface area contributed by atoms with Crippen LogP contribution in [0.4, 0.5) is 17.1 Å². The second kappa shape index (κ2) is 8.79. The number of furan rings is 1. The fourth-order valence-corrected chi connectivity index (χ4v) is 6.51. The minimum atomic E-state index is 0.00758. The Morgan fingerprint density at radius 2 is 1.19 bits per heavy atom. The van der Waals surface area contributed by atoms with Crippen molar-refractivity contribution < 1.29 is 13.9 Å². The number of nitrogens with zero attached hydrogens (tertiary/aromatic N) is 1. The maximum atomic E-state index is 6.70. The monoisotopic (exact) mass is 541 g/mol. The SMILES string of the molecule is Cc1ccc(N(c2ccccc2)c2ccc3c(c2)oc2c4c5c(cc23)Oc2ccccc2B5c2ccccc2O4)cc1. The van der Waals surface area contributed by atoms with Crippen molar-refractivity contribution in [2.45, 2.75) is 6.92 Å². The van der Waals surface area contributed by atoms with E-state index in [1.165, 1.54) is 5.56 Å². The highest BCUT2D eigenvalue weighted by Crippen LogP contribution is 2.44. The van der Waals surface area contributed by atoms with Crippen molar-refractivity contribution in [2.24, 2.45) is 0 Å². The summed E-state index contributed by atoms with van der Waals surface area (Å²) < 4.78 is 19.8. The molecule has 5 heteroatoms. The Bertz CT molecular complexity index is 2160. The maximum absolute atomic E-state index is 6.70. The molecule has 0 spiro atoms. The van der Waals surface area contributed by atoms with Gasteiger partial charge in [-0.05, 0) is 72.4 Å². The molecule has 0 N–H and O–H groups in total. The number of anilines is 3. The van der Waals surface area contributed by atoms with Gasteiger partial charge in [0.15, 0.2) is 11.3 Å². The molecule has 0 aliphatic carbocycles. The lowest BCUT2D eigenvalue weighted by molar-refractivity contribution is 0.462. The lowest BCUT2D eigenvalue weighted by atomic mass is 9.35. The topological polar surface area (TPSA) is 34.8 Å². The van der Waals surface area contributed by atoms with E-state index in [9.17, 15) is 0 Å². The minimum absolute atomic E-state index is 0.00758. The van der Waals surface area contributed by atoms with Crippen LogP contribution in [0.15, 0.2) is 132 Å². The van der Waals surface area contributed by atoms with Crippen LogP contribution in [0.5, 0.6) is 23.0 Å². The summed E-state index contributed by atoms with van der Waals surface area (Å²) in [5, 5.41) is 2.00. The van der Waals surface area contributed by atoms with Crippen LogP contribution >= 0.6 is 0 Å². The average Bonchev–Trinajstić information content (AvgIpc) is 3.40. The van der Waals surface area contributed by atoms with Gasteiger partial charge in [-0.2, -0.15) is 0 Å². The first-order valence-corrected chi connectivity index (χ1v) is 14.2. The number of para-hydroxylation sites is 3. The quantitative estimate of drug-likeness (QED) is 0.212. The van der Waals surface area contributed by atoms with Gasteiger partial charge in [0, 0.05) is 39.4 Å². The van der Waals surface area contributed by atoms with E-state index in [1.54, 1.807) is 0 Å². The normalized spacial score (nSPS) is 12.7. The van der Waals surface area contributed by atoms with Crippen LogP contribution in [-0.4, -0.2) is 6.71 Å². The predicted octanol–water partition coefficient (Wildman–Crippen LogP) is 8.09. The zero-order valence-corrected chi connectivity index (χ0v) is 22.9. The summed E-state index contributed by atoms with van der Waals surface area (Å²) in [4.78, 5) is 2.25. The molecule has 0 fully saturated rings. The second-order valence-corrected chi connectivity index (χ2v) is 11.0. The Morgan fingerprint density at radius 3 is 1.95 bits per heavy atom. The Hall–Kier alpha value is -5.42. The van der Waals surface area contributed by atoms with Crippen molar-refractivity contribution in [3.63, 3.8) is 0 Å². The van der Waals surface area contributed by atoms with E-state index in [0.29, 0.717) is 0 Å². The molecular weight excluding hydrogens is 517 g/mol. The third-order valence-corrected chi connectivity index (χ3v) is 8.45. The van der Waals surface area contributed by atoms with Gasteiger partial charge in [0.05, 0.1) is 0 Å². The van der Waals surface area contributed by atoms with Crippen LogP contribution in [0.2, 0.25) is 0 Å². The molecule has 3 heterocycles. The Balaban J connectivity index is 1.27. The largest absolute Gasteiger partial charge is 0.458 e. The van der Waals surface area contributed by atoms with Crippen molar-refractivity contribution in [3.8, 4) is 23.0 Å². The summed E-state index contributed by atoms with van der Waals surface area (Å²) in [6.07, 6.45) is 0. The molecule has 42 heavy (non-hydrogen) atoms. The van der Waals surface area contributed by atoms with Gasteiger partial charge in [0.25, 0.3) is 6.71 Å². The molecule has 0 saturated heterocycles. The van der Waals surface area contributed by atoms with Crippen molar-refractivity contribution in [3.05, 3.63) is 133 Å². The van der Waals surface area contributed by atoms with E-state index in [-0.39, 0.29) is 6.71 Å². The highest BCUT2D eigenvalue weighted by atomic mass is 16.5. The highest BCUT2D eigenvalue weighted by molar-refractivity contribution is 6.98. The van der Waals surface area contributed by atoms with Gasteiger partial charge in [-0.1, -0.05) is 72.3 Å². The second-order valence-electron chi connectivity index (χ2n) is 11.0. The van der Waals surface area contributed by atoms with Crippen molar-refractivity contribution in [2.75, 3.05) is 4.90 Å². The Morgan fingerprint density at radius 1 is 0.548 bits per heavy atom. The highest BCUT2D eigenvalue weighted by Gasteiger charge is 2.41. The average molecular weight is 541 g/mol. The molecule has 7 aromatic rings. The standard InChI is InChI=1S/C37H24BNO3/c1-23-15-17-25(18-16-23)39(24-9-3-2-4-10-24)26-19-20-27-28-22-34-35-37(36(28)42-33(27)21-26)41-32-14-8-6-12-30(32)38(35)29-11-5-7-13-31(29)40-34/h2-22H,1H3. The summed E-state index contributed by atoms with van der Waals surface area (Å²) in [7, 11) is 0. The molecule has 1 aromatic heterocycles. The molecule has 6 aromatic carbocycles. The van der Waals surface area contributed by atoms with E-state index in [4.69, 9.17) is 13.9 Å². The fraction of sp³-hybridized carbons (Fsp3) is 0.0270. The van der Waals surface area contributed by atoms with Crippen molar-refractivity contribution in [1.82, 2.24) is 0 Å². The number of fused-ring (bicyclic) bond motifs is 8. The van der Waals surface area contributed by atoms with Crippen LogP contribution in [0.1, 0.15) is 5.56 Å². The van der Waals surface area contributed by atoms with Crippen LogP contribution in [0.3, 0.4) is 0 Å². The predicted molar refractivity (Wildman–Crippen MR) is 171 cm³/mol. The molecule has 198 valence electrons. The minimum Gasteiger partial charge on any atom is -0.458 e. The Kier molecular flexibility index (Phi) is 4.88. The lowest BCUT2D eigenvalue weighted by Gasteiger charge is -2.32. The van der Waals surface area contributed by atoms with Gasteiger partial charge in [-0.3, -0.25) is 0 Å². The third-order valence-electron chi connectivity index (χ3n) is 8.45. The van der Waals surface area contributed by atoms with Crippen LogP contribution in [0, 0.1) is 6.92 Å². The van der Waals surface area contributed by atoms with Crippen LogP contribution in [0.25, 0.3) is 21.9 Å². The Labute approximate surface area is 243 Å². The van der Waals surface area contributed by atoms with Crippen molar-refractivity contribution in [1.29, 1.82) is 0 Å². The van der Waals surface area contributed by atoms with E-state index in [0.717, 1.165) is 78.4 Å². The number of rotatable bonds is 3. The van der Waals surface area contributed by atoms with Gasteiger partial charge in [-0.15, -0.1) is 0 Å². The van der Waals surface area contributed by atoms with Gasteiger partial charge >= 0.3 is 0 Å². The van der Waals surface area contributed by atoms with Crippen LogP contribution < -0.4 is 30.8 Å². The first-order chi connectivity index (χ1) is 20.7. The summed E-state index contributed by atoms with van der Waals surface area (Å²) >= 11 is 0. The molecule has 0 unspecified atom stereocenters. The van der Waals surface area contributed by atoms with E-state index in [1.807, 2.05) is 30.3 Å². The van der Waals surface area contributed by atoms with E-state index >= 15 is 0 Å². The number of ether oxygens (including phenoxy) is 2. The molecule has 0 saturated carbocycles. The zero-order valence-electron chi connectivity index (χ0n) is 22.9. The molecule has 2 aliphatic heterocycles. The third kappa shape index (κ3) is 3.37. The summed E-state index contributed by atoms with van der Waals surface area (Å²) in [6.45, 7) is 2.12. The number of aryl methyl sites for hydroxylation is 1. The van der Waals surface area contributed by atoms with Crippen molar-refractivity contribution >= 4 is 62.1 Å². The summed E-state index contributed by atoms with van der Waals surface area (Å²) in [5.74, 6) is 3.27. The number of benzene rings is 6. The van der Waals surface area contributed by atoms with E-state index < -0.39 is 0 Å². The van der Waals surface area contributed by atoms with Gasteiger partial charge in [0.1, 0.15) is 22.8 Å². The molecular formula is C37H24BNO3. The van der Waals surface area contributed by atoms with Crippen LogP contribution in [-0.2, 0) is 0 Å². The molecule has 4 nitrogen and oxygen atoms in total. The number of hydrogen-bond acceptors (Lipinski definition) is 4. The van der Waals surface area contributed by atoms with E-state index in [2.05, 4.69) is 109 Å². The smallest absolute Gasteiger partial charge is 0.260 e. The summed E-state index contributed by atoms with van der Waals surface area (Å²) in [5.41, 5.74) is 9.23. The molecule has 9 rings (SSSR count). The first kappa shape index (κ1) is 23.3. The first-order valence-electron chi connectivity index (χ1n) is 14.2. The molecule has 0 radical (unpaired) electrons. The van der Waals surface area contributed by atoms with Gasteiger partial charge < -0.3 is 18.8 Å². The van der Waals surface area contributed by atoms with Gasteiger partial charge in [0.2, 0.25) is 0 Å². The molecule has 0 bridgehead atoms. The number of hydrogen-bond donors (Lipinski definition) is 0. The maximum Gasteiger partial charge on any atom is 0.260 e. The molecule has 0 atom stereocenters. The zero-order chi connectivity index (χ0) is 27.8. The molecule has 2 aliphatic rings. The lowest BCUT2D eigenvalue weighted by Crippen LogP contribution is -2.57. The summed E-state index contributed by atoms with van der Waals surface area (Å²) in [6, 6.07) is 44.1. The molecule has 0 amide bonds.